The Morgan fingerprint density at radius 1 is 1.31 bits per heavy atom. The first-order valence-electron chi connectivity index (χ1n) is 5.08. The van der Waals surface area contributed by atoms with Crippen molar-refractivity contribution in [1.82, 2.24) is 0 Å². The molecule has 0 bridgehead atoms. The second-order valence-electron chi connectivity index (χ2n) is 3.59. The number of fused-ring (bicyclic) bond motifs is 1. The van der Waals surface area contributed by atoms with Gasteiger partial charge in [-0.2, -0.15) is 0 Å². The molecular formula is C12H16O. The van der Waals surface area contributed by atoms with Gasteiger partial charge in [-0.15, -0.1) is 0 Å². The zero-order valence-corrected chi connectivity index (χ0v) is 8.12. The van der Waals surface area contributed by atoms with Gasteiger partial charge < -0.3 is 4.74 Å². The van der Waals surface area contributed by atoms with Crippen LogP contribution in [0.4, 0.5) is 0 Å². The lowest BCUT2D eigenvalue weighted by molar-refractivity contribution is 0.0534. The second-order valence-corrected chi connectivity index (χ2v) is 3.59. The van der Waals surface area contributed by atoms with E-state index in [9.17, 15) is 0 Å². The molecule has 2 rings (SSSR count). The monoisotopic (exact) mass is 176 g/mol. The van der Waals surface area contributed by atoms with E-state index >= 15 is 0 Å². The van der Waals surface area contributed by atoms with E-state index in [0.29, 0.717) is 6.10 Å². The minimum absolute atomic E-state index is 0.458. The molecule has 0 aliphatic heterocycles. The molecule has 70 valence electrons. The van der Waals surface area contributed by atoms with Crippen LogP contribution >= 0.6 is 0 Å². The molecule has 0 aromatic heterocycles. The Morgan fingerprint density at radius 3 is 2.85 bits per heavy atom. The SMILES string of the molecule is CCO[C@H]1CCc2ccccc2C1. The number of hydrogen-bond acceptors (Lipinski definition) is 1. The summed E-state index contributed by atoms with van der Waals surface area (Å²) < 4.78 is 5.64. The van der Waals surface area contributed by atoms with Gasteiger partial charge in [-0.05, 0) is 37.3 Å². The number of ether oxygens (including phenoxy) is 1. The van der Waals surface area contributed by atoms with Crippen LogP contribution in [0.1, 0.15) is 24.5 Å². The topological polar surface area (TPSA) is 9.23 Å². The van der Waals surface area contributed by atoms with E-state index in [1.807, 2.05) is 0 Å². The number of benzene rings is 1. The van der Waals surface area contributed by atoms with Gasteiger partial charge in [-0.3, -0.25) is 0 Å². The van der Waals surface area contributed by atoms with Crippen LogP contribution in [0.3, 0.4) is 0 Å². The van der Waals surface area contributed by atoms with E-state index < -0.39 is 0 Å². The first-order valence-corrected chi connectivity index (χ1v) is 5.08. The first-order chi connectivity index (χ1) is 6.40. The Kier molecular flexibility index (Phi) is 2.65. The highest BCUT2D eigenvalue weighted by molar-refractivity contribution is 5.29. The van der Waals surface area contributed by atoms with Crippen LogP contribution in [-0.2, 0) is 17.6 Å². The lowest BCUT2D eigenvalue weighted by Crippen LogP contribution is -2.22. The van der Waals surface area contributed by atoms with Crippen LogP contribution in [0, 0.1) is 0 Å². The largest absolute Gasteiger partial charge is 0.378 e. The summed E-state index contributed by atoms with van der Waals surface area (Å²) in [5, 5.41) is 0. The van der Waals surface area contributed by atoms with Gasteiger partial charge in [0.15, 0.2) is 0 Å². The molecule has 1 heteroatoms. The molecule has 1 aromatic carbocycles. The standard InChI is InChI=1S/C12H16O/c1-2-13-12-8-7-10-5-3-4-6-11(10)9-12/h3-6,12H,2,7-9H2,1H3/t12-/m0/s1. The predicted octanol–water partition coefficient (Wildman–Crippen LogP) is 2.58. The van der Waals surface area contributed by atoms with Crippen LogP contribution in [0.5, 0.6) is 0 Å². The highest BCUT2D eigenvalue weighted by atomic mass is 16.5. The summed E-state index contributed by atoms with van der Waals surface area (Å²) in [4.78, 5) is 0. The van der Waals surface area contributed by atoms with Gasteiger partial charge in [0, 0.05) is 6.61 Å². The maximum atomic E-state index is 5.64. The van der Waals surface area contributed by atoms with Crippen LogP contribution in [0.15, 0.2) is 24.3 Å². The van der Waals surface area contributed by atoms with Crippen LogP contribution < -0.4 is 0 Å². The fraction of sp³-hybridized carbons (Fsp3) is 0.500. The summed E-state index contributed by atoms with van der Waals surface area (Å²) in [5.41, 5.74) is 2.99. The molecule has 0 amide bonds. The van der Waals surface area contributed by atoms with E-state index in [-0.39, 0.29) is 0 Å². The summed E-state index contributed by atoms with van der Waals surface area (Å²) in [6, 6.07) is 8.70. The van der Waals surface area contributed by atoms with Crippen molar-refractivity contribution in [3.8, 4) is 0 Å². The van der Waals surface area contributed by atoms with Crippen molar-refractivity contribution in [3.05, 3.63) is 35.4 Å². The third kappa shape index (κ3) is 1.92. The number of aryl methyl sites for hydroxylation is 1. The molecule has 0 saturated carbocycles. The Balaban J connectivity index is 2.11. The Morgan fingerprint density at radius 2 is 2.08 bits per heavy atom. The molecule has 0 radical (unpaired) electrons. The minimum Gasteiger partial charge on any atom is -0.378 e. The Hall–Kier alpha value is -0.820. The number of rotatable bonds is 2. The zero-order chi connectivity index (χ0) is 9.10. The molecule has 0 spiro atoms. The quantitative estimate of drug-likeness (QED) is 0.673. The van der Waals surface area contributed by atoms with Gasteiger partial charge in [0.05, 0.1) is 6.10 Å². The third-order valence-electron chi connectivity index (χ3n) is 2.70. The predicted molar refractivity (Wildman–Crippen MR) is 53.9 cm³/mol. The van der Waals surface area contributed by atoms with E-state index in [1.54, 1.807) is 0 Å². The summed E-state index contributed by atoms with van der Waals surface area (Å²) in [5.74, 6) is 0. The molecule has 1 aromatic rings. The van der Waals surface area contributed by atoms with Crippen molar-refractivity contribution in [2.24, 2.45) is 0 Å². The van der Waals surface area contributed by atoms with Crippen molar-refractivity contribution in [2.45, 2.75) is 32.3 Å². The van der Waals surface area contributed by atoms with Gasteiger partial charge in [0.25, 0.3) is 0 Å². The molecule has 0 N–H and O–H groups in total. The van der Waals surface area contributed by atoms with Crippen molar-refractivity contribution in [2.75, 3.05) is 6.61 Å². The van der Waals surface area contributed by atoms with E-state index in [0.717, 1.165) is 13.0 Å². The van der Waals surface area contributed by atoms with Crippen molar-refractivity contribution >= 4 is 0 Å². The molecule has 1 atom stereocenters. The van der Waals surface area contributed by atoms with Gasteiger partial charge in [0.2, 0.25) is 0 Å². The molecule has 0 fully saturated rings. The normalized spacial score (nSPS) is 21.2. The Bertz CT molecular complexity index is 280. The van der Waals surface area contributed by atoms with Crippen LogP contribution in [-0.4, -0.2) is 12.7 Å². The summed E-state index contributed by atoms with van der Waals surface area (Å²) in [6.07, 6.45) is 3.93. The van der Waals surface area contributed by atoms with Crippen LogP contribution in [0.2, 0.25) is 0 Å². The highest BCUT2D eigenvalue weighted by Crippen LogP contribution is 2.22. The van der Waals surface area contributed by atoms with Gasteiger partial charge in [-0.25, -0.2) is 0 Å². The van der Waals surface area contributed by atoms with Crippen molar-refractivity contribution in [3.63, 3.8) is 0 Å². The number of hydrogen-bond donors (Lipinski definition) is 0. The van der Waals surface area contributed by atoms with E-state index in [1.165, 1.54) is 24.0 Å². The zero-order valence-electron chi connectivity index (χ0n) is 8.12. The van der Waals surface area contributed by atoms with Gasteiger partial charge in [-0.1, -0.05) is 24.3 Å². The summed E-state index contributed by atoms with van der Waals surface area (Å²) in [7, 11) is 0. The van der Waals surface area contributed by atoms with Crippen LogP contribution in [0.25, 0.3) is 0 Å². The lowest BCUT2D eigenvalue weighted by Gasteiger charge is -2.24. The average molecular weight is 176 g/mol. The molecule has 1 aliphatic carbocycles. The fourth-order valence-corrected chi connectivity index (χ4v) is 2.04. The molecule has 1 nitrogen and oxygen atoms in total. The molecular weight excluding hydrogens is 160 g/mol. The third-order valence-corrected chi connectivity index (χ3v) is 2.70. The van der Waals surface area contributed by atoms with Gasteiger partial charge >= 0.3 is 0 Å². The molecule has 13 heavy (non-hydrogen) atoms. The maximum absolute atomic E-state index is 5.64. The molecule has 1 aliphatic rings. The van der Waals surface area contributed by atoms with Crippen molar-refractivity contribution in [1.29, 1.82) is 0 Å². The first kappa shape index (κ1) is 8.76. The summed E-state index contributed by atoms with van der Waals surface area (Å²) >= 11 is 0. The molecule has 0 saturated heterocycles. The Labute approximate surface area is 79.7 Å². The summed E-state index contributed by atoms with van der Waals surface area (Å²) in [6.45, 7) is 2.91. The van der Waals surface area contributed by atoms with Gasteiger partial charge in [0.1, 0.15) is 0 Å². The molecule has 0 unspecified atom stereocenters. The van der Waals surface area contributed by atoms with E-state index in [2.05, 4.69) is 31.2 Å². The lowest BCUT2D eigenvalue weighted by atomic mass is 9.90. The van der Waals surface area contributed by atoms with Crippen molar-refractivity contribution < 1.29 is 4.74 Å². The maximum Gasteiger partial charge on any atom is 0.0618 e. The smallest absolute Gasteiger partial charge is 0.0618 e. The molecule has 0 heterocycles. The fourth-order valence-electron chi connectivity index (χ4n) is 2.04. The minimum atomic E-state index is 0.458. The average Bonchev–Trinajstić information content (AvgIpc) is 2.18. The van der Waals surface area contributed by atoms with E-state index in [4.69, 9.17) is 4.74 Å². The second kappa shape index (κ2) is 3.93. The highest BCUT2D eigenvalue weighted by Gasteiger charge is 2.17.